The van der Waals surface area contributed by atoms with E-state index in [1.807, 2.05) is 0 Å². The van der Waals surface area contributed by atoms with Gasteiger partial charge in [0.2, 0.25) is 15.9 Å². The van der Waals surface area contributed by atoms with Gasteiger partial charge >= 0.3 is 6.09 Å². The number of carbonyl (C=O) groups excluding carboxylic acids is 2. The molecule has 0 unspecified atom stereocenters. The molecule has 0 aliphatic carbocycles. The van der Waals surface area contributed by atoms with Crippen molar-refractivity contribution in [3.05, 3.63) is 28.2 Å². The number of benzene rings is 1. The molecule has 8 nitrogen and oxygen atoms in total. The molecule has 1 fully saturated rings. The Morgan fingerprint density at radius 3 is 2.34 bits per heavy atom. The molecule has 0 bridgehead atoms. The molecule has 0 spiro atoms. The van der Waals surface area contributed by atoms with Crippen molar-refractivity contribution >= 4 is 45.2 Å². The van der Waals surface area contributed by atoms with E-state index in [1.54, 1.807) is 25.7 Å². The minimum atomic E-state index is -3.80. The van der Waals surface area contributed by atoms with Crippen molar-refractivity contribution in [1.82, 2.24) is 14.5 Å². The lowest BCUT2D eigenvalue weighted by Crippen LogP contribution is -2.51. The second kappa shape index (κ2) is 9.51. The first kappa shape index (κ1) is 23.7. The molecule has 1 aliphatic heterocycles. The molecule has 1 aromatic rings. The number of hydrogen-bond acceptors (Lipinski definition) is 5. The highest BCUT2D eigenvalue weighted by molar-refractivity contribution is 7.89. The normalized spacial score (nSPS) is 15.8. The molecule has 11 heteroatoms. The van der Waals surface area contributed by atoms with E-state index in [0.717, 1.165) is 0 Å². The maximum atomic E-state index is 12.8. The zero-order valence-corrected chi connectivity index (χ0v) is 18.9. The van der Waals surface area contributed by atoms with Crippen LogP contribution in [0.15, 0.2) is 23.1 Å². The molecule has 162 valence electrons. The molecule has 0 saturated carbocycles. The van der Waals surface area contributed by atoms with E-state index in [0.29, 0.717) is 0 Å². The van der Waals surface area contributed by atoms with Crippen LogP contribution in [0.1, 0.15) is 27.2 Å². The highest BCUT2D eigenvalue weighted by atomic mass is 35.5. The van der Waals surface area contributed by atoms with Gasteiger partial charge in [0.15, 0.2) is 0 Å². The summed E-state index contributed by atoms with van der Waals surface area (Å²) in [7, 11) is -3.80. The fraction of sp³-hybridized carbons (Fsp3) is 0.556. The lowest BCUT2D eigenvalue weighted by molar-refractivity contribution is -0.132. The highest BCUT2D eigenvalue weighted by Gasteiger charge is 2.31. The molecular weight excluding hydrogens is 441 g/mol. The number of sulfonamides is 1. The molecule has 1 aliphatic rings. The summed E-state index contributed by atoms with van der Waals surface area (Å²) in [5.74, 6) is -0.168. The van der Waals surface area contributed by atoms with Gasteiger partial charge in [-0.2, -0.15) is 4.31 Å². The fourth-order valence-corrected chi connectivity index (χ4v) is 4.90. The Bertz CT molecular complexity index is 863. The summed E-state index contributed by atoms with van der Waals surface area (Å²) >= 11 is 12.0. The Morgan fingerprint density at radius 2 is 1.76 bits per heavy atom. The minimum absolute atomic E-state index is 0.0131. The van der Waals surface area contributed by atoms with Crippen LogP contribution in [0.25, 0.3) is 0 Å². The number of alkyl carbamates (subject to hydrolysis) is 1. The number of hydrogen-bond donors (Lipinski definition) is 1. The molecule has 0 atom stereocenters. The van der Waals surface area contributed by atoms with Gasteiger partial charge in [0.05, 0.1) is 10.0 Å². The number of halogens is 2. The van der Waals surface area contributed by atoms with E-state index in [1.165, 1.54) is 22.5 Å². The topological polar surface area (TPSA) is 96.0 Å². The predicted molar refractivity (Wildman–Crippen MR) is 111 cm³/mol. The van der Waals surface area contributed by atoms with E-state index in [9.17, 15) is 18.0 Å². The highest BCUT2D eigenvalue weighted by Crippen LogP contribution is 2.31. The Labute approximate surface area is 181 Å². The molecule has 1 N–H and O–H groups in total. The Hall–Kier alpha value is -1.55. The number of ether oxygens (including phenoxy) is 1. The second-order valence-corrected chi connectivity index (χ2v) is 10.2. The Kier molecular flexibility index (Phi) is 7.78. The van der Waals surface area contributed by atoms with Crippen molar-refractivity contribution in [3.8, 4) is 0 Å². The van der Waals surface area contributed by atoms with Crippen LogP contribution in [0.4, 0.5) is 4.79 Å². The SMILES string of the molecule is CC(C)(C)OC(=O)NCCC(=O)N1CCN(S(=O)(=O)c2cccc(Cl)c2Cl)CC1. The third kappa shape index (κ3) is 6.47. The number of nitrogens with zero attached hydrogens (tertiary/aromatic N) is 2. The van der Waals surface area contributed by atoms with Crippen molar-refractivity contribution < 1.29 is 22.7 Å². The van der Waals surface area contributed by atoms with Crippen LogP contribution in [-0.2, 0) is 19.6 Å². The number of piperazine rings is 1. The first-order chi connectivity index (χ1) is 13.4. The zero-order chi connectivity index (χ0) is 21.8. The van der Waals surface area contributed by atoms with Gasteiger partial charge in [0.25, 0.3) is 0 Å². The molecule has 1 heterocycles. The van der Waals surface area contributed by atoms with Crippen molar-refractivity contribution in [2.24, 2.45) is 0 Å². The molecule has 2 amide bonds. The van der Waals surface area contributed by atoms with Gasteiger partial charge in [-0.25, -0.2) is 13.2 Å². The van der Waals surface area contributed by atoms with Gasteiger partial charge in [0, 0.05) is 39.1 Å². The van der Waals surface area contributed by atoms with Gasteiger partial charge < -0.3 is 15.0 Å². The molecular formula is C18H25Cl2N3O5S. The molecule has 1 aromatic carbocycles. The maximum Gasteiger partial charge on any atom is 0.407 e. The van der Waals surface area contributed by atoms with Crippen molar-refractivity contribution in [3.63, 3.8) is 0 Å². The van der Waals surface area contributed by atoms with Crippen LogP contribution in [-0.4, -0.2) is 67.9 Å². The average Bonchev–Trinajstić information content (AvgIpc) is 2.62. The first-order valence-corrected chi connectivity index (χ1v) is 11.3. The summed E-state index contributed by atoms with van der Waals surface area (Å²) in [5, 5.41) is 2.69. The molecule has 29 heavy (non-hydrogen) atoms. The lowest BCUT2D eigenvalue weighted by atomic mass is 10.2. The van der Waals surface area contributed by atoms with Crippen LogP contribution in [0.2, 0.25) is 10.0 Å². The van der Waals surface area contributed by atoms with E-state index in [4.69, 9.17) is 27.9 Å². The quantitative estimate of drug-likeness (QED) is 0.720. The summed E-state index contributed by atoms with van der Waals surface area (Å²) in [6, 6.07) is 4.45. The van der Waals surface area contributed by atoms with E-state index in [-0.39, 0.29) is 60.0 Å². The maximum absolute atomic E-state index is 12.8. The van der Waals surface area contributed by atoms with Crippen molar-refractivity contribution in [2.75, 3.05) is 32.7 Å². The van der Waals surface area contributed by atoms with Crippen molar-refractivity contribution in [2.45, 2.75) is 37.7 Å². The summed E-state index contributed by atoms with van der Waals surface area (Å²) in [4.78, 5) is 25.4. The molecule has 2 rings (SSSR count). The molecule has 0 aromatic heterocycles. The number of carbonyl (C=O) groups is 2. The summed E-state index contributed by atoms with van der Waals surface area (Å²) in [6.45, 7) is 6.20. The van der Waals surface area contributed by atoms with Gasteiger partial charge in [-0.05, 0) is 32.9 Å². The fourth-order valence-electron chi connectivity index (χ4n) is 2.74. The minimum Gasteiger partial charge on any atom is -0.444 e. The van der Waals surface area contributed by atoms with Crippen LogP contribution >= 0.6 is 23.2 Å². The molecule has 0 radical (unpaired) electrons. The van der Waals surface area contributed by atoms with E-state index < -0.39 is 21.7 Å². The standard InChI is InChI=1S/C18H25Cl2N3O5S/c1-18(2,3)28-17(25)21-8-7-15(24)22-9-11-23(12-10-22)29(26,27)14-6-4-5-13(19)16(14)20/h4-6H,7-12H2,1-3H3,(H,21,25). The predicted octanol–water partition coefficient (Wildman–Crippen LogP) is 2.74. The van der Waals surface area contributed by atoms with Crippen LogP contribution < -0.4 is 5.32 Å². The summed E-state index contributed by atoms with van der Waals surface area (Å²) < 4.78 is 32.0. The van der Waals surface area contributed by atoms with E-state index >= 15 is 0 Å². The largest absolute Gasteiger partial charge is 0.444 e. The lowest BCUT2D eigenvalue weighted by Gasteiger charge is -2.34. The van der Waals surface area contributed by atoms with Crippen LogP contribution in [0.5, 0.6) is 0 Å². The van der Waals surface area contributed by atoms with Crippen molar-refractivity contribution in [1.29, 1.82) is 0 Å². The van der Waals surface area contributed by atoms with Gasteiger partial charge in [-0.15, -0.1) is 0 Å². The third-order valence-electron chi connectivity index (χ3n) is 4.13. The Morgan fingerprint density at radius 1 is 1.14 bits per heavy atom. The number of amides is 2. The smallest absolute Gasteiger partial charge is 0.407 e. The van der Waals surface area contributed by atoms with E-state index in [2.05, 4.69) is 5.32 Å². The monoisotopic (exact) mass is 465 g/mol. The first-order valence-electron chi connectivity index (χ1n) is 9.10. The zero-order valence-electron chi connectivity index (χ0n) is 16.6. The van der Waals surface area contributed by atoms with Gasteiger partial charge in [-0.3, -0.25) is 4.79 Å². The second-order valence-electron chi connectivity index (χ2n) is 7.52. The Balaban J connectivity index is 1.86. The van der Waals surface area contributed by atoms with Gasteiger partial charge in [-0.1, -0.05) is 29.3 Å². The summed E-state index contributed by atoms with van der Waals surface area (Å²) in [5.41, 5.74) is -0.609. The van der Waals surface area contributed by atoms with Crippen LogP contribution in [0.3, 0.4) is 0 Å². The number of nitrogens with one attached hydrogen (secondary N) is 1. The molecule has 1 saturated heterocycles. The third-order valence-corrected chi connectivity index (χ3v) is 7.00. The van der Waals surface area contributed by atoms with Gasteiger partial charge in [0.1, 0.15) is 10.5 Å². The van der Waals surface area contributed by atoms with Crippen LogP contribution in [0, 0.1) is 0 Å². The average molecular weight is 466 g/mol. The number of rotatable bonds is 5. The summed E-state index contributed by atoms with van der Waals surface area (Å²) in [6.07, 6.45) is -0.480.